The lowest BCUT2D eigenvalue weighted by Gasteiger charge is -2.42. The molecule has 0 atom stereocenters. The number of hydrogen-bond acceptors (Lipinski definition) is 3. The molecule has 3 nitrogen and oxygen atoms in total. The molecule has 1 heterocycles. The van der Waals surface area contributed by atoms with Gasteiger partial charge in [0.1, 0.15) is 0 Å². The van der Waals surface area contributed by atoms with Crippen LogP contribution in [0.4, 0.5) is 5.69 Å². The molecule has 0 unspecified atom stereocenters. The van der Waals surface area contributed by atoms with Crippen molar-refractivity contribution in [2.45, 2.75) is 31.7 Å². The maximum absolute atomic E-state index is 6.03. The Labute approximate surface area is 121 Å². The molecule has 2 rings (SSSR count). The van der Waals surface area contributed by atoms with Gasteiger partial charge in [0, 0.05) is 30.3 Å². The fraction of sp³-hybridized carbons (Fsp3) is 0.600. The molecule has 1 fully saturated rings. The fourth-order valence-electron chi connectivity index (χ4n) is 2.74. The van der Waals surface area contributed by atoms with Gasteiger partial charge in [0.15, 0.2) is 0 Å². The van der Waals surface area contributed by atoms with E-state index < -0.39 is 0 Å². The summed E-state index contributed by atoms with van der Waals surface area (Å²) in [7, 11) is 0. The van der Waals surface area contributed by atoms with Gasteiger partial charge in [-0.3, -0.25) is 0 Å². The van der Waals surface area contributed by atoms with Gasteiger partial charge in [0.25, 0.3) is 0 Å². The molecule has 1 aromatic rings. The number of nitrogens with one attached hydrogen (secondary N) is 1. The highest BCUT2D eigenvalue weighted by molar-refractivity contribution is 6.30. The van der Waals surface area contributed by atoms with Crippen molar-refractivity contribution in [1.29, 1.82) is 0 Å². The zero-order chi connectivity index (χ0) is 13.7. The molecule has 0 saturated carbocycles. The van der Waals surface area contributed by atoms with Gasteiger partial charge in [-0.15, -0.1) is 0 Å². The second-order valence-corrected chi connectivity index (χ2v) is 5.89. The molecule has 1 aromatic carbocycles. The summed E-state index contributed by atoms with van der Waals surface area (Å²) in [5.74, 6) is 0. The predicted molar refractivity (Wildman–Crippen MR) is 82.8 cm³/mol. The first-order chi connectivity index (χ1) is 9.17. The maximum Gasteiger partial charge on any atom is 0.0520 e. The van der Waals surface area contributed by atoms with Crippen molar-refractivity contribution in [2.75, 3.05) is 31.5 Å². The normalized spacial score (nSPS) is 19.3. The highest BCUT2D eigenvalue weighted by Crippen LogP contribution is 2.27. The molecule has 106 valence electrons. The predicted octanol–water partition coefficient (Wildman–Crippen LogP) is 2.96. The van der Waals surface area contributed by atoms with Crippen molar-refractivity contribution in [1.82, 2.24) is 4.90 Å². The van der Waals surface area contributed by atoms with Crippen LogP contribution in [0.5, 0.6) is 0 Å². The van der Waals surface area contributed by atoms with Crippen LogP contribution in [0.1, 0.15) is 26.2 Å². The van der Waals surface area contributed by atoms with E-state index in [1.54, 1.807) is 0 Å². The number of nitrogens with zero attached hydrogens (tertiary/aromatic N) is 1. The average Bonchev–Trinajstić information content (AvgIpc) is 2.44. The first-order valence-electron chi connectivity index (χ1n) is 7.14. The van der Waals surface area contributed by atoms with Crippen LogP contribution in [0.2, 0.25) is 5.02 Å². The number of nitrogens with two attached hydrogens (primary N) is 1. The van der Waals surface area contributed by atoms with Gasteiger partial charge >= 0.3 is 0 Å². The molecule has 0 aliphatic carbocycles. The monoisotopic (exact) mass is 281 g/mol. The molecule has 1 saturated heterocycles. The third kappa shape index (κ3) is 3.85. The van der Waals surface area contributed by atoms with E-state index in [-0.39, 0.29) is 5.54 Å². The molecular weight excluding hydrogens is 258 g/mol. The Hall–Kier alpha value is -0.770. The van der Waals surface area contributed by atoms with Gasteiger partial charge in [-0.05, 0) is 50.1 Å². The standard InChI is InChI=1S/C15H24ClN3/c1-2-9-19-10-7-15(12-17,8-11-19)18-14-5-3-13(16)4-6-14/h3-6,18H,2,7-12,17H2,1H3. The Bertz CT molecular complexity index is 383. The Morgan fingerprint density at radius 1 is 1.26 bits per heavy atom. The van der Waals surface area contributed by atoms with Crippen LogP contribution in [-0.2, 0) is 0 Å². The summed E-state index contributed by atoms with van der Waals surface area (Å²) >= 11 is 5.92. The zero-order valence-corrected chi connectivity index (χ0v) is 12.4. The molecule has 0 amide bonds. The molecule has 0 aromatic heterocycles. The van der Waals surface area contributed by atoms with Crippen molar-refractivity contribution in [2.24, 2.45) is 5.73 Å². The fourth-order valence-corrected chi connectivity index (χ4v) is 2.87. The number of likely N-dealkylation sites (tertiary alicyclic amines) is 1. The number of anilines is 1. The Balaban J connectivity index is 1.98. The lowest BCUT2D eigenvalue weighted by Crippen LogP contribution is -2.53. The third-order valence-corrected chi connectivity index (χ3v) is 4.25. The van der Waals surface area contributed by atoms with E-state index in [0.717, 1.165) is 36.6 Å². The summed E-state index contributed by atoms with van der Waals surface area (Å²) < 4.78 is 0. The van der Waals surface area contributed by atoms with Crippen molar-refractivity contribution in [3.63, 3.8) is 0 Å². The summed E-state index contributed by atoms with van der Waals surface area (Å²) in [5.41, 5.74) is 7.18. The Morgan fingerprint density at radius 3 is 2.42 bits per heavy atom. The second kappa shape index (κ2) is 6.60. The van der Waals surface area contributed by atoms with Crippen LogP contribution in [0.15, 0.2) is 24.3 Å². The van der Waals surface area contributed by atoms with Crippen LogP contribution in [0.25, 0.3) is 0 Å². The Kier molecular flexibility index (Phi) is 5.08. The van der Waals surface area contributed by atoms with Gasteiger partial charge in [-0.2, -0.15) is 0 Å². The second-order valence-electron chi connectivity index (χ2n) is 5.46. The van der Waals surface area contributed by atoms with E-state index >= 15 is 0 Å². The minimum atomic E-state index is 0.0398. The molecule has 0 radical (unpaired) electrons. The molecular formula is C15H24ClN3. The van der Waals surface area contributed by atoms with Gasteiger partial charge in [-0.25, -0.2) is 0 Å². The van der Waals surface area contributed by atoms with Crippen LogP contribution >= 0.6 is 11.6 Å². The molecule has 4 heteroatoms. The van der Waals surface area contributed by atoms with E-state index in [0.29, 0.717) is 6.54 Å². The number of benzene rings is 1. The minimum absolute atomic E-state index is 0.0398. The lowest BCUT2D eigenvalue weighted by molar-refractivity contribution is 0.177. The summed E-state index contributed by atoms with van der Waals surface area (Å²) in [5, 5.41) is 4.39. The van der Waals surface area contributed by atoms with Crippen LogP contribution in [0.3, 0.4) is 0 Å². The minimum Gasteiger partial charge on any atom is -0.378 e. The van der Waals surface area contributed by atoms with E-state index in [4.69, 9.17) is 17.3 Å². The topological polar surface area (TPSA) is 41.3 Å². The SMILES string of the molecule is CCCN1CCC(CN)(Nc2ccc(Cl)cc2)CC1. The van der Waals surface area contributed by atoms with Crippen molar-refractivity contribution in [3.05, 3.63) is 29.3 Å². The molecule has 0 spiro atoms. The van der Waals surface area contributed by atoms with Gasteiger partial charge in [0.05, 0.1) is 5.54 Å². The van der Waals surface area contributed by atoms with Gasteiger partial charge in [0.2, 0.25) is 0 Å². The van der Waals surface area contributed by atoms with E-state index in [1.165, 1.54) is 13.0 Å². The quantitative estimate of drug-likeness (QED) is 0.872. The number of halogens is 1. The van der Waals surface area contributed by atoms with Crippen molar-refractivity contribution < 1.29 is 0 Å². The lowest BCUT2D eigenvalue weighted by atomic mass is 9.87. The zero-order valence-electron chi connectivity index (χ0n) is 11.7. The van der Waals surface area contributed by atoms with Gasteiger partial charge in [-0.1, -0.05) is 18.5 Å². The summed E-state index contributed by atoms with van der Waals surface area (Å²) in [6, 6.07) is 7.89. The molecule has 19 heavy (non-hydrogen) atoms. The largest absolute Gasteiger partial charge is 0.378 e. The average molecular weight is 282 g/mol. The molecule has 0 bridgehead atoms. The maximum atomic E-state index is 6.03. The van der Waals surface area contributed by atoms with Crippen LogP contribution in [-0.4, -0.2) is 36.6 Å². The van der Waals surface area contributed by atoms with E-state index in [1.807, 2.05) is 24.3 Å². The highest BCUT2D eigenvalue weighted by Gasteiger charge is 2.32. The Morgan fingerprint density at radius 2 is 1.89 bits per heavy atom. The van der Waals surface area contributed by atoms with E-state index in [9.17, 15) is 0 Å². The smallest absolute Gasteiger partial charge is 0.0520 e. The van der Waals surface area contributed by atoms with Crippen molar-refractivity contribution in [3.8, 4) is 0 Å². The molecule has 1 aliphatic rings. The summed E-state index contributed by atoms with van der Waals surface area (Å²) in [6.07, 6.45) is 3.43. The summed E-state index contributed by atoms with van der Waals surface area (Å²) in [6.45, 7) is 6.37. The summed E-state index contributed by atoms with van der Waals surface area (Å²) in [4.78, 5) is 2.53. The van der Waals surface area contributed by atoms with Crippen LogP contribution in [0, 0.1) is 0 Å². The van der Waals surface area contributed by atoms with Crippen molar-refractivity contribution >= 4 is 17.3 Å². The third-order valence-electron chi connectivity index (χ3n) is 4.00. The first kappa shape index (κ1) is 14.6. The van der Waals surface area contributed by atoms with Crippen LogP contribution < -0.4 is 11.1 Å². The first-order valence-corrected chi connectivity index (χ1v) is 7.51. The number of rotatable bonds is 5. The van der Waals surface area contributed by atoms with E-state index in [2.05, 4.69) is 17.1 Å². The number of hydrogen-bond donors (Lipinski definition) is 2. The number of piperidine rings is 1. The van der Waals surface area contributed by atoms with Gasteiger partial charge < -0.3 is 16.0 Å². The highest BCUT2D eigenvalue weighted by atomic mass is 35.5. The molecule has 3 N–H and O–H groups in total. The molecule has 1 aliphatic heterocycles.